The molecule has 1 aromatic heterocycles. The van der Waals surface area contributed by atoms with Crippen molar-refractivity contribution in [3.05, 3.63) is 42.4 Å². The Hall–Kier alpha value is -2.63. The minimum atomic E-state index is -0.348. The van der Waals surface area contributed by atoms with Gasteiger partial charge in [0.25, 0.3) is 5.91 Å². The third-order valence-electron chi connectivity index (χ3n) is 2.30. The lowest BCUT2D eigenvalue weighted by atomic mass is 10.1. The number of nitrogens with zero attached hydrogens (tertiary/aromatic N) is 2. The molecule has 0 saturated heterocycles. The average molecular weight is 244 g/mol. The van der Waals surface area contributed by atoms with Gasteiger partial charge in [-0.25, -0.2) is 4.98 Å². The fraction of sp³-hybridized carbons (Fsp3) is 0.0833. The minimum Gasteiger partial charge on any atom is -0.494 e. The summed E-state index contributed by atoms with van der Waals surface area (Å²) in [6, 6.07) is 4.97. The largest absolute Gasteiger partial charge is 0.494 e. The smallest absolute Gasteiger partial charge is 0.260 e. The number of benzene rings is 1. The van der Waals surface area contributed by atoms with Crippen molar-refractivity contribution in [3.8, 4) is 5.75 Å². The van der Waals surface area contributed by atoms with Crippen molar-refractivity contribution < 1.29 is 9.53 Å². The molecule has 0 unspecified atom stereocenters. The van der Waals surface area contributed by atoms with E-state index >= 15 is 0 Å². The first-order valence-electron chi connectivity index (χ1n) is 5.22. The molecule has 1 amide bonds. The number of anilines is 2. The first kappa shape index (κ1) is 11.8. The molecule has 18 heavy (non-hydrogen) atoms. The van der Waals surface area contributed by atoms with E-state index in [1.807, 2.05) is 0 Å². The lowest BCUT2D eigenvalue weighted by molar-refractivity contribution is 0.102. The monoisotopic (exact) mass is 244 g/mol. The van der Waals surface area contributed by atoms with E-state index in [1.165, 1.54) is 25.7 Å². The molecule has 0 saturated carbocycles. The predicted octanol–water partition coefficient (Wildman–Crippen LogP) is 1.32. The Kier molecular flexibility index (Phi) is 3.38. The molecule has 0 spiro atoms. The van der Waals surface area contributed by atoms with E-state index < -0.39 is 0 Å². The van der Waals surface area contributed by atoms with Gasteiger partial charge in [-0.05, 0) is 12.1 Å². The van der Waals surface area contributed by atoms with Crippen molar-refractivity contribution in [2.45, 2.75) is 0 Å². The number of methoxy groups -OCH3 is 1. The van der Waals surface area contributed by atoms with Gasteiger partial charge in [-0.3, -0.25) is 9.78 Å². The molecule has 2 rings (SSSR count). The van der Waals surface area contributed by atoms with Gasteiger partial charge >= 0.3 is 0 Å². The lowest BCUT2D eigenvalue weighted by Crippen LogP contribution is -2.14. The first-order chi connectivity index (χ1) is 8.72. The van der Waals surface area contributed by atoms with E-state index in [0.29, 0.717) is 22.8 Å². The molecule has 0 bridgehead atoms. The van der Waals surface area contributed by atoms with Gasteiger partial charge in [0.05, 0.1) is 24.6 Å². The van der Waals surface area contributed by atoms with Gasteiger partial charge in [0.15, 0.2) is 11.6 Å². The average Bonchev–Trinajstić information content (AvgIpc) is 2.39. The summed E-state index contributed by atoms with van der Waals surface area (Å²) in [5, 5.41) is 2.61. The van der Waals surface area contributed by atoms with Gasteiger partial charge in [-0.15, -0.1) is 0 Å². The molecule has 92 valence electrons. The molecule has 0 radical (unpaired) electrons. The number of ether oxygens (including phenoxy) is 1. The van der Waals surface area contributed by atoms with Crippen molar-refractivity contribution in [2.75, 3.05) is 18.2 Å². The SMILES string of the molecule is COc1c(N)cccc1C(=O)Nc1cnccn1. The Morgan fingerprint density at radius 3 is 2.89 bits per heavy atom. The highest BCUT2D eigenvalue weighted by molar-refractivity contribution is 6.06. The van der Waals surface area contributed by atoms with Crippen LogP contribution in [0.5, 0.6) is 5.75 Å². The Balaban J connectivity index is 2.27. The Labute approximate surface area is 104 Å². The fourth-order valence-electron chi connectivity index (χ4n) is 1.51. The molecule has 1 heterocycles. The second-order valence-electron chi connectivity index (χ2n) is 3.47. The summed E-state index contributed by atoms with van der Waals surface area (Å²) in [6.07, 6.45) is 4.47. The zero-order valence-corrected chi connectivity index (χ0v) is 9.75. The summed E-state index contributed by atoms with van der Waals surface area (Å²) in [5.74, 6) is 0.366. The van der Waals surface area contributed by atoms with Crippen LogP contribution in [0.3, 0.4) is 0 Å². The number of nitrogens with one attached hydrogen (secondary N) is 1. The number of nitrogen functional groups attached to an aromatic ring is 1. The molecule has 6 nitrogen and oxygen atoms in total. The predicted molar refractivity (Wildman–Crippen MR) is 67.4 cm³/mol. The number of nitrogens with two attached hydrogens (primary N) is 1. The van der Waals surface area contributed by atoms with Crippen LogP contribution in [-0.4, -0.2) is 23.0 Å². The molecule has 0 aliphatic carbocycles. The maximum atomic E-state index is 12.0. The molecular formula is C12H12N4O2. The van der Waals surface area contributed by atoms with Crippen LogP contribution in [0.1, 0.15) is 10.4 Å². The Morgan fingerprint density at radius 1 is 1.39 bits per heavy atom. The quantitative estimate of drug-likeness (QED) is 0.795. The number of amides is 1. The molecule has 3 N–H and O–H groups in total. The van der Waals surface area contributed by atoms with Gasteiger partial charge in [0.1, 0.15) is 0 Å². The van der Waals surface area contributed by atoms with Crippen LogP contribution in [0.15, 0.2) is 36.8 Å². The number of hydrogen-bond donors (Lipinski definition) is 2. The first-order valence-corrected chi connectivity index (χ1v) is 5.22. The van der Waals surface area contributed by atoms with Crippen LogP contribution in [0.4, 0.5) is 11.5 Å². The van der Waals surface area contributed by atoms with Crippen molar-refractivity contribution in [2.24, 2.45) is 0 Å². The molecular weight excluding hydrogens is 232 g/mol. The normalized spacial score (nSPS) is 9.83. The summed E-state index contributed by atoms with van der Waals surface area (Å²) in [7, 11) is 1.46. The summed E-state index contributed by atoms with van der Waals surface area (Å²) in [6.45, 7) is 0. The summed E-state index contributed by atoms with van der Waals surface area (Å²) >= 11 is 0. The van der Waals surface area contributed by atoms with E-state index in [-0.39, 0.29) is 5.91 Å². The van der Waals surface area contributed by atoms with E-state index in [9.17, 15) is 4.79 Å². The highest BCUT2D eigenvalue weighted by Crippen LogP contribution is 2.26. The van der Waals surface area contributed by atoms with Crippen LogP contribution >= 0.6 is 0 Å². The van der Waals surface area contributed by atoms with Crippen molar-refractivity contribution in [3.63, 3.8) is 0 Å². The lowest BCUT2D eigenvalue weighted by Gasteiger charge is -2.10. The molecule has 6 heteroatoms. The van der Waals surface area contributed by atoms with Crippen molar-refractivity contribution in [1.29, 1.82) is 0 Å². The maximum Gasteiger partial charge on any atom is 0.260 e. The van der Waals surface area contributed by atoms with Gasteiger partial charge in [-0.2, -0.15) is 0 Å². The number of carbonyl (C=O) groups excluding carboxylic acids is 1. The zero-order chi connectivity index (χ0) is 13.0. The molecule has 2 aromatic rings. The second-order valence-corrected chi connectivity index (χ2v) is 3.47. The maximum absolute atomic E-state index is 12.0. The summed E-state index contributed by atoms with van der Waals surface area (Å²) < 4.78 is 5.11. The summed E-state index contributed by atoms with van der Waals surface area (Å²) in [4.78, 5) is 19.8. The number of aromatic nitrogens is 2. The van der Waals surface area contributed by atoms with Crippen LogP contribution in [0, 0.1) is 0 Å². The topological polar surface area (TPSA) is 90.1 Å². The Bertz CT molecular complexity index is 557. The molecule has 0 fully saturated rings. The third-order valence-corrected chi connectivity index (χ3v) is 2.30. The van der Waals surface area contributed by atoms with Crippen LogP contribution in [0.25, 0.3) is 0 Å². The van der Waals surface area contributed by atoms with Gasteiger partial charge in [0.2, 0.25) is 0 Å². The number of carbonyl (C=O) groups is 1. The number of hydrogen-bond acceptors (Lipinski definition) is 5. The standard InChI is InChI=1S/C12H12N4O2/c1-18-11-8(3-2-4-9(11)13)12(17)16-10-7-14-5-6-15-10/h2-7H,13H2,1H3,(H,15,16,17). The minimum absolute atomic E-state index is 0.346. The number of rotatable bonds is 3. The second kappa shape index (κ2) is 5.13. The highest BCUT2D eigenvalue weighted by atomic mass is 16.5. The van der Waals surface area contributed by atoms with E-state index in [1.54, 1.807) is 18.2 Å². The molecule has 0 aliphatic heterocycles. The van der Waals surface area contributed by atoms with Crippen LogP contribution < -0.4 is 15.8 Å². The molecule has 0 aliphatic rings. The third kappa shape index (κ3) is 2.37. The number of para-hydroxylation sites is 1. The summed E-state index contributed by atoms with van der Waals surface area (Å²) in [5.41, 5.74) is 6.49. The van der Waals surface area contributed by atoms with Crippen LogP contribution in [0.2, 0.25) is 0 Å². The van der Waals surface area contributed by atoms with E-state index in [0.717, 1.165) is 0 Å². The van der Waals surface area contributed by atoms with Crippen LogP contribution in [-0.2, 0) is 0 Å². The fourth-order valence-corrected chi connectivity index (χ4v) is 1.51. The van der Waals surface area contributed by atoms with E-state index in [4.69, 9.17) is 10.5 Å². The van der Waals surface area contributed by atoms with E-state index in [2.05, 4.69) is 15.3 Å². The molecule has 1 aromatic carbocycles. The van der Waals surface area contributed by atoms with Crippen molar-refractivity contribution in [1.82, 2.24) is 9.97 Å². The van der Waals surface area contributed by atoms with Gasteiger partial charge in [-0.1, -0.05) is 6.07 Å². The van der Waals surface area contributed by atoms with Gasteiger partial charge < -0.3 is 15.8 Å². The zero-order valence-electron chi connectivity index (χ0n) is 9.75. The van der Waals surface area contributed by atoms with Gasteiger partial charge in [0, 0.05) is 12.4 Å². The molecule has 0 atom stereocenters. The highest BCUT2D eigenvalue weighted by Gasteiger charge is 2.14. The van der Waals surface area contributed by atoms with Crippen molar-refractivity contribution >= 4 is 17.4 Å². The Morgan fingerprint density at radius 2 is 2.22 bits per heavy atom.